The Hall–Kier alpha value is -3.38. The van der Waals surface area contributed by atoms with Crippen LogP contribution in [0.3, 0.4) is 0 Å². The van der Waals surface area contributed by atoms with Gasteiger partial charge in [0.2, 0.25) is 0 Å². The minimum Gasteiger partial charge on any atom is -0.454 e. The standard InChI is InChI=1S/C26H25N3O3/c1-15-6-7-28-8-9-29(14-22(15)28)20-5-4-18-11-21(26(30)32-23(18)13-20)24-12-19-10-16(2)27-17(3)25(19)31-24/h4-5,10-13,22H,1,6-9,14H2,2-3H3/t22-/m1/s1. The number of fused-ring (bicyclic) bond motifs is 3. The molecule has 3 aromatic heterocycles. The van der Waals surface area contributed by atoms with Gasteiger partial charge in [-0.25, -0.2) is 4.79 Å². The summed E-state index contributed by atoms with van der Waals surface area (Å²) >= 11 is 0. The second-order valence-electron chi connectivity index (χ2n) is 8.95. The smallest absolute Gasteiger partial charge is 0.347 e. The highest BCUT2D eigenvalue weighted by Gasteiger charge is 2.33. The average molecular weight is 428 g/mol. The van der Waals surface area contributed by atoms with Gasteiger partial charge in [-0.2, -0.15) is 0 Å². The number of piperazine rings is 1. The molecule has 6 heteroatoms. The van der Waals surface area contributed by atoms with Crippen LogP contribution in [0.2, 0.25) is 0 Å². The summed E-state index contributed by atoms with van der Waals surface area (Å²) in [4.78, 5) is 22.2. The Morgan fingerprint density at radius 3 is 2.78 bits per heavy atom. The lowest BCUT2D eigenvalue weighted by Crippen LogP contribution is -2.50. The molecule has 2 saturated heterocycles. The van der Waals surface area contributed by atoms with Gasteiger partial charge in [-0.15, -0.1) is 0 Å². The highest BCUT2D eigenvalue weighted by Crippen LogP contribution is 2.32. The van der Waals surface area contributed by atoms with Crippen LogP contribution in [0, 0.1) is 13.8 Å². The molecule has 0 amide bonds. The van der Waals surface area contributed by atoms with Crippen LogP contribution in [0.1, 0.15) is 17.8 Å². The summed E-state index contributed by atoms with van der Waals surface area (Å²) in [7, 11) is 0. The molecule has 0 N–H and O–H groups in total. The van der Waals surface area contributed by atoms with Crippen LogP contribution in [0.15, 0.2) is 62.2 Å². The van der Waals surface area contributed by atoms with Crippen LogP contribution in [0.5, 0.6) is 0 Å². The normalized spacial score (nSPS) is 19.2. The Morgan fingerprint density at radius 1 is 1.03 bits per heavy atom. The van der Waals surface area contributed by atoms with E-state index in [9.17, 15) is 4.79 Å². The molecule has 5 heterocycles. The molecule has 0 saturated carbocycles. The van der Waals surface area contributed by atoms with Crippen LogP contribution in [0.25, 0.3) is 33.3 Å². The van der Waals surface area contributed by atoms with E-state index in [1.165, 1.54) is 5.57 Å². The molecular weight excluding hydrogens is 402 g/mol. The third-order valence-corrected chi connectivity index (χ3v) is 6.83. The predicted octanol–water partition coefficient (Wildman–Crippen LogP) is 4.67. The first-order valence-corrected chi connectivity index (χ1v) is 11.1. The molecule has 4 aromatic rings. The molecule has 32 heavy (non-hydrogen) atoms. The third-order valence-electron chi connectivity index (χ3n) is 6.83. The first-order chi connectivity index (χ1) is 15.5. The van der Waals surface area contributed by atoms with E-state index in [1.54, 1.807) is 0 Å². The molecule has 0 spiro atoms. The first-order valence-electron chi connectivity index (χ1n) is 11.1. The Kier molecular flexibility index (Phi) is 4.27. The number of pyridine rings is 1. The van der Waals surface area contributed by atoms with Crippen LogP contribution < -0.4 is 10.5 Å². The summed E-state index contributed by atoms with van der Waals surface area (Å²) in [5.41, 5.74) is 5.45. The van der Waals surface area contributed by atoms with Crippen molar-refractivity contribution in [2.24, 2.45) is 0 Å². The molecule has 0 bridgehead atoms. The van der Waals surface area contributed by atoms with Crippen molar-refractivity contribution < 1.29 is 8.83 Å². The summed E-state index contributed by atoms with van der Waals surface area (Å²) in [5.74, 6) is 0.506. The van der Waals surface area contributed by atoms with Crippen molar-refractivity contribution in [2.45, 2.75) is 26.3 Å². The Bertz CT molecular complexity index is 1450. The highest BCUT2D eigenvalue weighted by molar-refractivity contribution is 5.88. The highest BCUT2D eigenvalue weighted by atomic mass is 16.4. The van der Waals surface area contributed by atoms with Gasteiger partial charge >= 0.3 is 5.63 Å². The summed E-state index contributed by atoms with van der Waals surface area (Å²) in [6.07, 6.45) is 1.09. The SMILES string of the molecule is C=C1CCN2CCN(c3ccc4cc(-c5cc6cc(C)nc(C)c6o5)c(=O)oc4c3)C[C@H]12. The molecule has 2 aliphatic heterocycles. The quantitative estimate of drug-likeness (QED) is 0.342. The topological polar surface area (TPSA) is 62.7 Å². The Morgan fingerprint density at radius 2 is 1.91 bits per heavy atom. The predicted molar refractivity (Wildman–Crippen MR) is 126 cm³/mol. The zero-order valence-electron chi connectivity index (χ0n) is 18.4. The zero-order valence-corrected chi connectivity index (χ0v) is 18.4. The lowest BCUT2D eigenvalue weighted by atomic mass is 10.1. The van der Waals surface area contributed by atoms with E-state index in [0.717, 1.165) is 60.4 Å². The monoisotopic (exact) mass is 427 g/mol. The number of rotatable bonds is 2. The fourth-order valence-electron chi connectivity index (χ4n) is 5.13. The van der Waals surface area contributed by atoms with Crippen molar-refractivity contribution in [1.82, 2.24) is 9.88 Å². The largest absolute Gasteiger partial charge is 0.454 e. The van der Waals surface area contributed by atoms with E-state index in [4.69, 9.17) is 8.83 Å². The van der Waals surface area contributed by atoms with Gasteiger partial charge in [0.05, 0.1) is 5.69 Å². The number of hydrogen-bond donors (Lipinski definition) is 0. The van der Waals surface area contributed by atoms with E-state index < -0.39 is 5.63 Å². The van der Waals surface area contributed by atoms with E-state index >= 15 is 0 Å². The number of benzene rings is 1. The molecule has 6 rings (SSSR count). The van der Waals surface area contributed by atoms with Crippen molar-refractivity contribution >= 4 is 27.6 Å². The van der Waals surface area contributed by atoms with Crippen LogP contribution in [-0.2, 0) is 0 Å². The number of aromatic nitrogens is 1. The maximum atomic E-state index is 12.9. The molecule has 162 valence electrons. The molecule has 0 radical (unpaired) electrons. The average Bonchev–Trinajstić information content (AvgIpc) is 3.36. The fourth-order valence-corrected chi connectivity index (χ4v) is 5.13. The minimum absolute atomic E-state index is 0.398. The summed E-state index contributed by atoms with van der Waals surface area (Å²) in [6.45, 7) is 12.1. The van der Waals surface area contributed by atoms with Crippen molar-refractivity contribution in [3.05, 3.63) is 70.4 Å². The second kappa shape index (κ2) is 7.07. The number of nitrogens with zero attached hydrogens (tertiary/aromatic N) is 3. The fraction of sp³-hybridized carbons (Fsp3) is 0.308. The molecule has 6 nitrogen and oxygen atoms in total. The number of furan rings is 1. The molecule has 1 atom stereocenters. The summed E-state index contributed by atoms with van der Waals surface area (Å²) < 4.78 is 11.7. The molecular formula is C26H25N3O3. The first kappa shape index (κ1) is 19.3. The van der Waals surface area contributed by atoms with Crippen molar-refractivity contribution in [3.8, 4) is 11.3 Å². The Balaban J connectivity index is 1.37. The number of anilines is 1. The van der Waals surface area contributed by atoms with E-state index in [-0.39, 0.29) is 0 Å². The molecule has 0 aliphatic carbocycles. The second-order valence-corrected chi connectivity index (χ2v) is 8.95. The van der Waals surface area contributed by atoms with Gasteiger partial charge in [0.15, 0.2) is 5.58 Å². The number of aryl methyl sites for hydroxylation is 2. The third kappa shape index (κ3) is 3.06. The van der Waals surface area contributed by atoms with Crippen molar-refractivity contribution in [2.75, 3.05) is 31.1 Å². The van der Waals surface area contributed by atoms with E-state index in [2.05, 4.69) is 27.4 Å². The maximum absolute atomic E-state index is 12.9. The number of hydrogen-bond acceptors (Lipinski definition) is 6. The van der Waals surface area contributed by atoms with Gasteiger partial charge in [-0.3, -0.25) is 9.88 Å². The van der Waals surface area contributed by atoms with Crippen molar-refractivity contribution in [1.29, 1.82) is 0 Å². The lowest BCUT2D eigenvalue weighted by molar-refractivity contribution is 0.245. The van der Waals surface area contributed by atoms with Crippen molar-refractivity contribution in [3.63, 3.8) is 0 Å². The van der Waals surface area contributed by atoms with E-state index in [0.29, 0.717) is 28.5 Å². The molecule has 2 aliphatic rings. The van der Waals surface area contributed by atoms with Gasteiger partial charge < -0.3 is 13.7 Å². The van der Waals surface area contributed by atoms with Crippen LogP contribution >= 0.6 is 0 Å². The lowest BCUT2D eigenvalue weighted by Gasteiger charge is -2.39. The van der Waals surface area contributed by atoms with Gasteiger partial charge in [0.1, 0.15) is 16.9 Å². The zero-order chi connectivity index (χ0) is 22.0. The summed E-state index contributed by atoms with van der Waals surface area (Å²) in [5, 5.41) is 1.81. The molecule has 2 fully saturated rings. The van der Waals surface area contributed by atoms with Gasteiger partial charge in [-0.05, 0) is 50.6 Å². The van der Waals surface area contributed by atoms with Gasteiger partial charge in [0.25, 0.3) is 0 Å². The Labute approximate surface area is 185 Å². The van der Waals surface area contributed by atoms with Crippen LogP contribution in [-0.4, -0.2) is 42.1 Å². The maximum Gasteiger partial charge on any atom is 0.347 e. The summed E-state index contributed by atoms with van der Waals surface area (Å²) in [6, 6.07) is 12.2. The van der Waals surface area contributed by atoms with E-state index in [1.807, 2.05) is 44.2 Å². The molecule has 1 aromatic carbocycles. The minimum atomic E-state index is -0.398. The van der Waals surface area contributed by atoms with Gasteiger partial charge in [0, 0.05) is 60.4 Å². The molecule has 0 unspecified atom stereocenters. The van der Waals surface area contributed by atoms with Gasteiger partial charge in [-0.1, -0.05) is 12.2 Å². The van der Waals surface area contributed by atoms with Crippen LogP contribution in [0.4, 0.5) is 5.69 Å².